The molecule has 1 aliphatic heterocycles. The molecule has 2 unspecified atom stereocenters. The van der Waals surface area contributed by atoms with Crippen molar-refractivity contribution in [3.05, 3.63) is 35.9 Å². The fourth-order valence-corrected chi connectivity index (χ4v) is 2.89. The van der Waals surface area contributed by atoms with Gasteiger partial charge in [-0.2, -0.15) is 0 Å². The van der Waals surface area contributed by atoms with Crippen LogP contribution in [0.4, 0.5) is 0 Å². The lowest BCUT2D eigenvalue weighted by Crippen LogP contribution is -2.32. The number of likely N-dealkylation sites (tertiary alicyclic amines) is 1. The van der Waals surface area contributed by atoms with E-state index in [-0.39, 0.29) is 6.42 Å². The van der Waals surface area contributed by atoms with Gasteiger partial charge in [0.25, 0.3) is 0 Å². The third-order valence-electron chi connectivity index (χ3n) is 3.89. The molecule has 1 N–H and O–H groups in total. The fraction of sp³-hybridized carbons (Fsp3) is 0.533. The summed E-state index contributed by atoms with van der Waals surface area (Å²) in [5.74, 6) is -0.686. The topological polar surface area (TPSA) is 40.5 Å². The van der Waals surface area contributed by atoms with Gasteiger partial charge in [0.1, 0.15) is 0 Å². The number of hydrogen-bond donors (Lipinski definition) is 1. The Morgan fingerprint density at radius 1 is 1.44 bits per heavy atom. The summed E-state index contributed by atoms with van der Waals surface area (Å²) >= 11 is 0. The monoisotopic (exact) mass is 247 g/mol. The molecule has 0 aromatic heterocycles. The number of aliphatic carboxylic acids is 1. The molecule has 0 radical (unpaired) electrons. The molecule has 1 aliphatic rings. The minimum absolute atomic E-state index is 0.280. The SMILES string of the molecule is CC(c1ccccc1)N1CCCC1CCC(=O)O. The van der Waals surface area contributed by atoms with E-state index >= 15 is 0 Å². The molecule has 98 valence electrons. The molecule has 0 aliphatic carbocycles. The molecule has 3 nitrogen and oxygen atoms in total. The van der Waals surface area contributed by atoms with Gasteiger partial charge in [-0.15, -0.1) is 0 Å². The Morgan fingerprint density at radius 3 is 2.83 bits per heavy atom. The molecule has 18 heavy (non-hydrogen) atoms. The Kier molecular flexibility index (Phi) is 4.37. The maximum absolute atomic E-state index is 10.7. The van der Waals surface area contributed by atoms with E-state index in [0.717, 1.165) is 19.4 Å². The number of nitrogens with zero attached hydrogens (tertiary/aromatic N) is 1. The zero-order valence-corrected chi connectivity index (χ0v) is 10.9. The van der Waals surface area contributed by atoms with E-state index in [9.17, 15) is 4.79 Å². The van der Waals surface area contributed by atoms with Crippen molar-refractivity contribution in [2.24, 2.45) is 0 Å². The fourth-order valence-electron chi connectivity index (χ4n) is 2.89. The van der Waals surface area contributed by atoms with Gasteiger partial charge in [0, 0.05) is 18.5 Å². The molecule has 1 aromatic carbocycles. The highest BCUT2D eigenvalue weighted by molar-refractivity contribution is 5.66. The van der Waals surface area contributed by atoms with Crippen molar-refractivity contribution < 1.29 is 9.90 Å². The second-order valence-electron chi connectivity index (χ2n) is 5.05. The van der Waals surface area contributed by atoms with Crippen molar-refractivity contribution in [3.8, 4) is 0 Å². The summed E-state index contributed by atoms with van der Waals surface area (Å²) in [6.07, 6.45) is 3.36. The molecule has 0 spiro atoms. The Labute approximate surface area is 108 Å². The number of carboxylic acids is 1. The van der Waals surface area contributed by atoms with Gasteiger partial charge in [0.2, 0.25) is 0 Å². The van der Waals surface area contributed by atoms with Crippen LogP contribution in [0.3, 0.4) is 0 Å². The molecule has 3 heteroatoms. The minimum atomic E-state index is -0.686. The zero-order valence-electron chi connectivity index (χ0n) is 10.9. The van der Waals surface area contributed by atoms with Gasteiger partial charge >= 0.3 is 5.97 Å². The Morgan fingerprint density at radius 2 is 2.17 bits per heavy atom. The van der Waals surface area contributed by atoms with Crippen LogP contribution >= 0.6 is 0 Å². The van der Waals surface area contributed by atoms with E-state index in [1.807, 2.05) is 6.07 Å². The largest absolute Gasteiger partial charge is 0.481 e. The van der Waals surface area contributed by atoms with E-state index in [1.165, 1.54) is 12.0 Å². The summed E-state index contributed by atoms with van der Waals surface area (Å²) in [7, 11) is 0. The van der Waals surface area contributed by atoms with Crippen LogP contribution in [-0.2, 0) is 4.79 Å². The van der Waals surface area contributed by atoms with Crippen LogP contribution < -0.4 is 0 Å². The smallest absolute Gasteiger partial charge is 0.303 e. The van der Waals surface area contributed by atoms with Gasteiger partial charge in [-0.25, -0.2) is 0 Å². The standard InChI is InChI=1S/C15H21NO2/c1-12(13-6-3-2-4-7-13)16-11-5-8-14(16)9-10-15(17)18/h2-4,6-7,12,14H,5,8-11H2,1H3,(H,17,18). The third kappa shape index (κ3) is 3.10. The first-order chi connectivity index (χ1) is 8.68. The van der Waals surface area contributed by atoms with Gasteiger partial charge < -0.3 is 5.11 Å². The number of rotatable bonds is 5. The number of hydrogen-bond acceptors (Lipinski definition) is 2. The molecule has 1 saturated heterocycles. The molecule has 1 aromatic rings. The van der Waals surface area contributed by atoms with E-state index in [0.29, 0.717) is 12.1 Å². The van der Waals surface area contributed by atoms with Crippen LogP contribution in [0.1, 0.15) is 44.2 Å². The number of carboxylic acid groups (broad SMARTS) is 1. The first-order valence-electron chi connectivity index (χ1n) is 6.71. The van der Waals surface area contributed by atoms with Crippen LogP contribution in [0.2, 0.25) is 0 Å². The average Bonchev–Trinajstić information content (AvgIpc) is 2.85. The predicted molar refractivity (Wildman–Crippen MR) is 71.5 cm³/mol. The molecular weight excluding hydrogens is 226 g/mol. The second kappa shape index (κ2) is 6.01. The molecule has 0 amide bonds. The van der Waals surface area contributed by atoms with Crippen molar-refractivity contribution in [1.29, 1.82) is 0 Å². The van der Waals surface area contributed by atoms with E-state index < -0.39 is 5.97 Å². The summed E-state index contributed by atoms with van der Waals surface area (Å²) in [4.78, 5) is 13.1. The van der Waals surface area contributed by atoms with Crippen LogP contribution in [0.15, 0.2) is 30.3 Å². The summed E-state index contributed by atoms with van der Waals surface area (Å²) in [5.41, 5.74) is 1.32. The van der Waals surface area contributed by atoms with Crippen molar-refractivity contribution in [3.63, 3.8) is 0 Å². The maximum atomic E-state index is 10.7. The first kappa shape index (κ1) is 13.1. The van der Waals surface area contributed by atoms with Crippen LogP contribution in [0.25, 0.3) is 0 Å². The highest BCUT2D eigenvalue weighted by atomic mass is 16.4. The Bertz CT molecular complexity index is 391. The second-order valence-corrected chi connectivity index (χ2v) is 5.05. The molecule has 0 saturated carbocycles. The number of carbonyl (C=O) groups is 1. The minimum Gasteiger partial charge on any atom is -0.481 e. The van der Waals surface area contributed by atoms with Crippen molar-refractivity contribution >= 4 is 5.97 Å². The summed E-state index contributed by atoms with van der Waals surface area (Å²) < 4.78 is 0. The van der Waals surface area contributed by atoms with Crippen molar-refractivity contribution in [2.45, 2.75) is 44.7 Å². The maximum Gasteiger partial charge on any atom is 0.303 e. The predicted octanol–water partition coefficient (Wildman–Crippen LogP) is 3.08. The Balaban J connectivity index is 2.00. The van der Waals surface area contributed by atoms with Gasteiger partial charge in [-0.05, 0) is 38.3 Å². The molecule has 1 heterocycles. The van der Waals surface area contributed by atoms with Crippen molar-refractivity contribution in [1.82, 2.24) is 4.90 Å². The van der Waals surface area contributed by atoms with Gasteiger partial charge in [0.05, 0.1) is 0 Å². The van der Waals surface area contributed by atoms with Crippen LogP contribution in [0.5, 0.6) is 0 Å². The third-order valence-corrected chi connectivity index (χ3v) is 3.89. The zero-order chi connectivity index (χ0) is 13.0. The normalized spacial score (nSPS) is 21.9. The average molecular weight is 247 g/mol. The van der Waals surface area contributed by atoms with E-state index in [2.05, 4.69) is 36.1 Å². The summed E-state index contributed by atoms with van der Waals surface area (Å²) in [6, 6.07) is 11.3. The quantitative estimate of drug-likeness (QED) is 0.869. The van der Waals surface area contributed by atoms with E-state index in [4.69, 9.17) is 5.11 Å². The molecule has 0 bridgehead atoms. The van der Waals surface area contributed by atoms with Crippen molar-refractivity contribution in [2.75, 3.05) is 6.54 Å². The molecule has 2 rings (SSSR count). The lowest BCUT2D eigenvalue weighted by molar-refractivity contribution is -0.137. The summed E-state index contributed by atoms with van der Waals surface area (Å²) in [6.45, 7) is 3.30. The summed E-state index contributed by atoms with van der Waals surface area (Å²) in [5, 5.41) is 8.80. The highest BCUT2D eigenvalue weighted by Gasteiger charge is 2.29. The molecule has 2 atom stereocenters. The van der Waals surface area contributed by atoms with Gasteiger partial charge in [-0.3, -0.25) is 9.69 Å². The Hall–Kier alpha value is -1.35. The van der Waals surface area contributed by atoms with Gasteiger partial charge in [-0.1, -0.05) is 30.3 Å². The highest BCUT2D eigenvalue weighted by Crippen LogP contribution is 2.31. The first-order valence-corrected chi connectivity index (χ1v) is 6.71. The molecular formula is C15H21NO2. The lowest BCUT2D eigenvalue weighted by Gasteiger charge is -2.30. The molecule has 1 fully saturated rings. The van der Waals surface area contributed by atoms with Crippen LogP contribution in [0, 0.1) is 0 Å². The van der Waals surface area contributed by atoms with E-state index in [1.54, 1.807) is 0 Å². The lowest BCUT2D eigenvalue weighted by atomic mass is 10.0. The van der Waals surface area contributed by atoms with Crippen LogP contribution in [-0.4, -0.2) is 28.6 Å². The number of benzene rings is 1. The van der Waals surface area contributed by atoms with Gasteiger partial charge in [0.15, 0.2) is 0 Å².